The number of hydrogen-bond donors (Lipinski definition) is 2. The summed E-state index contributed by atoms with van der Waals surface area (Å²) in [5.74, 6) is -2.65. The van der Waals surface area contributed by atoms with Crippen LogP contribution in [0.1, 0.15) is 15.9 Å². The molecular weight excluding hydrogens is 536 g/mol. The largest absolute Gasteiger partial charge is 0.378 e. The third-order valence-electron chi connectivity index (χ3n) is 7.50. The SMILES string of the molecule is NC(=O)C1(C(Cc2ccccc2)NC(=O)c2cccnc2-n2cnc(-c3ccc(N4CCOCC4)cc3)c2)OCCO1. The van der Waals surface area contributed by atoms with Crippen LogP contribution in [-0.4, -0.2) is 77.7 Å². The number of anilines is 1. The summed E-state index contributed by atoms with van der Waals surface area (Å²) in [6.07, 6.45) is 5.33. The molecule has 6 rings (SSSR count). The second kappa shape index (κ2) is 12.1. The molecule has 42 heavy (non-hydrogen) atoms. The van der Waals surface area contributed by atoms with Crippen molar-refractivity contribution < 1.29 is 23.8 Å². The number of benzene rings is 2. The fourth-order valence-corrected chi connectivity index (χ4v) is 5.34. The number of nitrogens with one attached hydrogen (secondary N) is 1. The van der Waals surface area contributed by atoms with Gasteiger partial charge in [0, 0.05) is 36.7 Å². The van der Waals surface area contributed by atoms with Gasteiger partial charge in [0.15, 0.2) is 5.82 Å². The molecule has 2 saturated heterocycles. The number of rotatable bonds is 9. The van der Waals surface area contributed by atoms with Gasteiger partial charge >= 0.3 is 0 Å². The van der Waals surface area contributed by atoms with Gasteiger partial charge in [-0.05, 0) is 36.2 Å². The van der Waals surface area contributed by atoms with Crippen LogP contribution >= 0.6 is 0 Å². The second-order valence-corrected chi connectivity index (χ2v) is 10.1. The molecule has 2 aromatic heterocycles. The number of nitrogens with zero attached hydrogens (tertiary/aromatic N) is 4. The molecule has 2 aliphatic rings. The average Bonchev–Trinajstić information content (AvgIpc) is 3.74. The fourth-order valence-electron chi connectivity index (χ4n) is 5.34. The van der Waals surface area contributed by atoms with Crippen LogP contribution in [0.2, 0.25) is 0 Å². The molecule has 0 spiro atoms. The maximum absolute atomic E-state index is 13.8. The summed E-state index contributed by atoms with van der Waals surface area (Å²) in [6, 6.07) is 20.1. The molecule has 0 radical (unpaired) electrons. The Hall–Kier alpha value is -4.58. The van der Waals surface area contributed by atoms with Crippen molar-refractivity contribution in [3.8, 4) is 17.1 Å². The van der Waals surface area contributed by atoms with Gasteiger partial charge in [-0.1, -0.05) is 42.5 Å². The smallest absolute Gasteiger partial charge is 0.280 e. The van der Waals surface area contributed by atoms with E-state index in [1.165, 1.54) is 0 Å². The lowest BCUT2D eigenvalue weighted by Crippen LogP contribution is -2.61. The molecule has 3 N–H and O–H groups in total. The number of primary amides is 1. The van der Waals surface area contributed by atoms with E-state index in [-0.39, 0.29) is 19.6 Å². The van der Waals surface area contributed by atoms with Crippen LogP contribution in [0.5, 0.6) is 0 Å². The van der Waals surface area contributed by atoms with E-state index in [1.807, 2.05) is 48.7 Å². The summed E-state index contributed by atoms with van der Waals surface area (Å²) < 4.78 is 18.6. The number of aromatic nitrogens is 3. The highest BCUT2D eigenvalue weighted by atomic mass is 16.7. The fraction of sp³-hybridized carbons (Fsp3) is 0.290. The monoisotopic (exact) mass is 568 g/mol. The first-order chi connectivity index (χ1) is 20.5. The molecule has 11 nitrogen and oxygen atoms in total. The summed E-state index contributed by atoms with van der Waals surface area (Å²) >= 11 is 0. The summed E-state index contributed by atoms with van der Waals surface area (Å²) in [7, 11) is 0. The van der Waals surface area contributed by atoms with E-state index >= 15 is 0 Å². The molecule has 2 fully saturated rings. The lowest BCUT2D eigenvalue weighted by Gasteiger charge is -2.33. The first kappa shape index (κ1) is 27.6. The summed E-state index contributed by atoms with van der Waals surface area (Å²) in [4.78, 5) is 37.7. The predicted molar refractivity (Wildman–Crippen MR) is 155 cm³/mol. The second-order valence-electron chi connectivity index (χ2n) is 10.1. The Morgan fingerprint density at radius 1 is 0.929 bits per heavy atom. The predicted octanol–water partition coefficient (Wildman–Crippen LogP) is 2.34. The summed E-state index contributed by atoms with van der Waals surface area (Å²) in [5.41, 5.74) is 9.75. The van der Waals surface area contributed by atoms with Crippen molar-refractivity contribution in [2.24, 2.45) is 5.73 Å². The Kier molecular flexibility index (Phi) is 7.95. The van der Waals surface area contributed by atoms with Crippen molar-refractivity contribution in [3.63, 3.8) is 0 Å². The minimum Gasteiger partial charge on any atom is -0.378 e. The van der Waals surface area contributed by atoms with Gasteiger partial charge in [-0.2, -0.15) is 0 Å². The lowest BCUT2D eigenvalue weighted by atomic mass is 9.97. The minimum atomic E-state index is -1.79. The maximum Gasteiger partial charge on any atom is 0.280 e. The summed E-state index contributed by atoms with van der Waals surface area (Å²) in [6.45, 7) is 3.55. The Balaban J connectivity index is 1.25. The van der Waals surface area contributed by atoms with E-state index in [2.05, 4.69) is 32.3 Å². The summed E-state index contributed by atoms with van der Waals surface area (Å²) in [5, 5.41) is 2.95. The first-order valence-electron chi connectivity index (χ1n) is 13.9. The Morgan fingerprint density at radius 2 is 1.67 bits per heavy atom. The third kappa shape index (κ3) is 5.62. The molecule has 1 unspecified atom stereocenters. The van der Waals surface area contributed by atoms with Gasteiger partial charge in [0.25, 0.3) is 17.6 Å². The van der Waals surface area contributed by atoms with E-state index in [0.717, 1.165) is 48.8 Å². The highest BCUT2D eigenvalue weighted by Gasteiger charge is 2.51. The Morgan fingerprint density at radius 3 is 2.38 bits per heavy atom. The van der Waals surface area contributed by atoms with Crippen molar-refractivity contribution in [2.75, 3.05) is 44.4 Å². The van der Waals surface area contributed by atoms with Crippen molar-refractivity contribution in [1.82, 2.24) is 19.9 Å². The van der Waals surface area contributed by atoms with E-state index in [9.17, 15) is 9.59 Å². The molecule has 1 atom stereocenters. The van der Waals surface area contributed by atoms with Crippen LogP contribution in [0.25, 0.3) is 17.1 Å². The number of nitrogens with two attached hydrogens (primary N) is 1. The average molecular weight is 569 g/mol. The lowest BCUT2D eigenvalue weighted by molar-refractivity contribution is -0.189. The van der Waals surface area contributed by atoms with Crippen LogP contribution < -0.4 is 16.0 Å². The first-order valence-corrected chi connectivity index (χ1v) is 13.9. The molecule has 4 heterocycles. The van der Waals surface area contributed by atoms with Crippen molar-refractivity contribution in [2.45, 2.75) is 18.2 Å². The van der Waals surface area contributed by atoms with Gasteiger partial charge in [-0.15, -0.1) is 0 Å². The van der Waals surface area contributed by atoms with Crippen LogP contribution in [0.15, 0.2) is 85.5 Å². The number of hydrogen-bond acceptors (Lipinski definition) is 8. The number of imidazole rings is 1. The topological polar surface area (TPSA) is 134 Å². The molecule has 0 bridgehead atoms. The maximum atomic E-state index is 13.8. The van der Waals surface area contributed by atoms with Gasteiger partial charge < -0.3 is 30.2 Å². The van der Waals surface area contributed by atoms with Gasteiger partial charge in [-0.3, -0.25) is 14.2 Å². The van der Waals surface area contributed by atoms with E-state index in [1.54, 1.807) is 29.2 Å². The third-order valence-corrected chi connectivity index (χ3v) is 7.50. The van der Waals surface area contributed by atoms with Gasteiger partial charge in [0.1, 0.15) is 6.33 Å². The molecular formula is C31H32N6O5. The molecule has 0 saturated carbocycles. The van der Waals surface area contributed by atoms with Gasteiger partial charge in [0.05, 0.1) is 43.7 Å². The Labute approximate surface area is 243 Å². The zero-order valence-corrected chi connectivity index (χ0v) is 23.0. The van der Waals surface area contributed by atoms with Crippen LogP contribution in [-0.2, 0) is 25.4 Å². The molecule has 2 aromatic carbocycles. The standard InChI is InChI=1S/C31H32N6O5/c32-30(39)31(41-17-18-42-31)27(19-22-5-2-1-3-6-22)35-29(38)25-7-4-12-33-28(25)37-20-26(34-21-37)23-8-10-24(11-9-23)36-13-15-40-16-14-36/h1-12,20-21,27H,13-19H2,(H2,32,39)(H,35,38). The van der Waals surface area contributed by atoms with Crippen LogP contribution in [0, 0.1) is 0 Å². The zero-order valence-electron chi connectivity index (χ0n) is 23.0. The number of carbonyl (C=O) groups is 2. The minimum absolute atomic E-state index is 0.188. The molecule has 2 amide bonds. The zero-order chi connectivity index (χ0) is 28.9. The number of pyridine rings is 1. The number of amides is 2. The van der Waals surface area contributed by atoms with Crippen molar-refractivity contribution >= 4 is 17.5 Å². The van der Waals surface area contributed by atoms with E-state index in [4.69, 9.17) is 19.9 Å². The quantitative estimate of drug-likeness (QED) is 0.314. The number of morpholine rings is 1. The van der Waals surface area contributed by atoms with Gasteiger partial charge in [0.2, 0.25) is 0 Å². The molecule has 2 aliphatic heterocycles. The van der Waals surface area contributed by atoms with Crippen molar-refractivity contribution in [3.05, 3.63) is 96.6 Å². The number of carbonyl (C=O) groups excluding carboxylic acids is 2. The van der Waals surface area contributed by atoms with Crippen molar-refractivity contribution in [1.29, 1.82) is 0 Å². The van der Waals surface area contributed by atoms with E-state index < -0.39 is 23.6 Å². The Bertz CT molecular complexity index is 1530. The van der Waals surface area contributed by atoms with E-state index in [0.29, 0.717) is 11.4 Å². The highest BCUT2D eigenvalue weighted by Crippen LogP contribution is 2.28. The molecule has 4 aromatic rings. The highest BCUT2D eigenvalue weighted by molar-refractivity contribution is 5.98. The molecule has 0 aliphatic carbocycles. The normalized spacial score (nSPS) is 17.1. The molecule has 216 valence electrons. The number of ether oxygens (including phenoxy) is 3. The van der Waals surface area contributed by atoms with Gasteiger partial charge in [-0.25, -0.2) is 9.97 Å². The van der Waals surface area contributed by atoms with Crippen LogP contribution in [0.4, 0.5) is 5.69 Å². The molecule has 11 heteroatoms. The van der Waals surface area contributed by atoms with Crippen LogP contribution in [0.3, 0.4) is 0 Å².